The van der Waals surface area contributed by atoms with Crippen LogP contribution in [0, 0.1) is 0 Å². The van der Waals surface area contributed by atoms with Crippen LogP contribution in [-0.4, -0.2) is 41.8 Å². The topological polar surface area (TPSA) is 63.7 Å². The molecule has 0 atom stereocenters. The number of hydrogen-bond donors (Lipinski definition) is 0. The average Bonchev–Trinajstić information content (AvgIpc) is 2.53. The maximum Gasteiger partial charge on any atom is 0.307 e. The number of rotatable bonds is 9. The number of benzene rings is 1. The number of carbonyl (C=O) groups excluding carboxylic acids is 3. The van der Waals surface area contributed by atoms with Gasteiger partial charge in [0.25, 0.3) is 0 Å². The number of ether oxygens (including phenoxy) is 1. The molecule has 0 heterocycles. The monoisotopic (exact) mass is 319 g/mol. The zero-order valence-corrected chi connectivity index (χ0v) is 14.1. The van der Waals surface area contributed by atoms with Crippen LogP contribution in [0.3, 0.4) is 0 Å². The van der Waals surface area contributed by atoms with Gasteiger partial charge in [0, 0.05) is 31.0 Å². The molecule has 1 rings (SSSR count). The zero-order chi connectivity index (χ0) is 17.2. The second-order valence-corrected chi connectivity index (χ2v) is 5.53. The van der Waals surface area contributed by atoms with Crippen molar-refractivity contribution < 1.29 is 19.1 Å². The summed E-state index contributed by atoms with van der Waals surface area (Å²) in [5, 5.41) is 0. The Balaban J connectivity index is 2.51. The van der Waals surface area contributed by atoms with E-state index in [2.05, 4.69) is 0 Å². The van der Waals surface area contributed by atoms with Gasteiger partial charge in [-0.05, 0) is 20.8 Å². The highest BCUT2D eigenvalue weighted by Gasteiger charge is 2.19. The predicted octanol–water partition coefficient (Wildman–Crippen LogP) is 2.84. The summed E-state index contributed by atoms with van der Waals surface area (Å²) >= 11 is 0. The molecule has 0 N–H and O–H groups in total. The van der Waals surface area contributed by atoms with Gasteiger partial charge in [0.05, 0.1) is 13.0 Å². The van der Waals surface area contributed by atoms with E-state index in [1.54, 1.807) is 36.1 Å². The van der Waals surface area contributed by atoms with E-state index in [1.807, 2.05) is 19.9 Å². The molecular formula is C18H25NO4. The van der Waals surface area contributed by atoms with Crippen LogP contribution >= 0.6 is 0 Å². The number of Topliss-reactive ketones (excluding diaryl/α,β-unsaturated/α-hetero) is 1. The van der Waals surface area contributed by atoms with E-state index in [1.165, 1.54) is 0 Å². The molecule has 126 valence electrons. The Morgan fingerprint density at radius 1 is 1.04 bits per heavy atom. The molecule has 0 saturated heterocycles. The normalized spacial score (nSPS) is 10.4. The van der Waals surface area contributed by atoms with E-state index < -0.39 is 0 Å². The third-order valence-corrected chi connectivity index (χ3v) is 3.47. The minimum absolute atomic E-state index is 0.0243. The van der Waals surface area contributed by atoms with E-state index in [9.17, 15) is 14.4 Å². The molecule has 0 fully saturated rings. The molecule has 0 saturated carbocycles. The van der Waals surface area contributed by atoms with Gasteiger partial charge in [-0.2, -0.15) is 0 Å². The number of esters is 1. The number of carbonyl (C=O) groups is 3. The van der Waals surface area contributed by atoms with Gasteiger partial charge in [0.1, 0.15) is 0 Å². The summed E-state index contributed by atoms with van der Waals surface area (Å²) in [7, 11) is 0. The van der Waals surface area contributed by atoms with Gasteiger partial charge >= 0.3 is 5.97 Å². The van der Waals surface area contributed by atoms with Gasteiger partial charge in [-0.1, -0.05) is 30.3 Å². The first-order valence-corrected chi connectivity index (χ1v) is 7.99. The largest absolute Gasteiger partial charge is 0.466 e. The van der Waals surface area contributed by atoms with Gasteiger partial charge in [-0.3, -0.25) is 14.4 Å². The fourth-order valence-corrected chi connectivity index (χ4v) is 2.25. The van der Waals surface area contributed by atoms with E-state index in [4.69, 9.17) is 4.74 Å². The molecule has 0 unspecified atom stereocenters. The van der Waals surface area contributed by atoms with Gasteiger partial charge in [-0.25, -0.2) is 0 Å². The summed E-state index contributed by atoms with van der Waals surface area (Å²) in [6.45, 7) is 6.18. The fourth-order valence-electron chi connectivity index (χ4n) is 2.25. The lowest BCUT2D eigenvalue weighted by atomic mass is 10.1. The summed E-state index contributed by atoms with van der Waals surface area (Å²) in [6.07, 6.45) is 0.491. The van der Waals surface area contributed by atoms with Crippen LogP contribution in [0.1, 0.15) is 50.4 Å². The predicted molar refractivity (Wildman–Crippen MR) is 88.1 cm³/mol. The van der Waals surface area contributed by atoms with Crippen LogP contribution in [0.2, 0.25) is 0 Å². The van der Waals surface area contributed by atoms with Crippen LogP contribution in [0.15, 0.2) is 30.3 Å². The first-order valence-electron chi connectivity index (χ1n) is 7.99. The lowest BCUT2D eigenvalue weighted by Gasteiger charge is -2.26. The molecule has 0 bridgehead atoms. The third kappa shape index (κ3) is 6.63. The van der Waals surface area contributed by atoms with Crippen molar-refractivity contribution in [2.45, 2.75) is 46.1 Å². The van der Waals surface area contributed by atoms with Gasteiger partial charge < -0.3 is 9.64 Å². The molecule has 0 radical (unpaired) electrons. The van der Waals surface area contributed by atoms with Crippen LogP contribution in [0.5, 0.6) is 0 Å². The van der Waals surface area contributed by atoms with Gasteiger partial charge in [-0.15, -0.1) is 0 Å². The standard InChI is InChI=1S/C18H25NO4/c1-4-23-18(22)12-13-19(14(2)3)17(21)11-10-16(20)15-8-6-5-7-9-15/h5-9,14H,4,10-13H2,1-3H3. The van der Waals surface area contributed by atoms with Crippen LogP contribution in [0.25, 0.3) is 0 Å². The van der Waals surface area contributed by atoms with Gasteiger partial charge in [0.15, 0.2) is 5.78 Å². The molecule has 1 aromatic carbocycles. The molecule has 0 aromatic heterocycles. The second kappa shape index (κ2) is 9.77. The Labute approximate surface area is 137 Å². The third-order valence-electron chi connectivity index (χ3n) is 3.47. The van der Waals surface area contributed by atoms with Gasteiger partial charge in [0.2, 0.25) is 5.91 Å². The lowest BCUT2D eigenvalue weighted by Crippen LogP contribution is -2.38. The van der Waals surface area contributed by atoms with Crippen molar-refractivity contribution in [3.05, 3.63) is 35.9 Å². The Bertz CT molecular complexity index is 525. The van der Waals surface area contributed by atoms with Crippen molar-refractivity contribution in [2.24, 2.45) is 0 Å². The highest BCUT2D eigenvalue weighted by molar-refractivity contribution is 5.97. The quantitative estimate of drug-likeness (QED) is 0.518. The summed E-state index contributed by atoms with van der Waals surface area (Å²) in [5.74, 6) is -0.479. The van der Waals surface area contributed by atoms with Crippen molar-refractivity contribution >= 4 is 17.7 Å². The van der Waals surface area contributed by atoms with E-state index in [-0.39, 0.29) is 43.0 Å². The average molecular weight is 319 g/mol. The van der Waals surface area contributed by atoms with Crippen molar-refractivity contribution in [3.8, 4) is 0 Å². The first-order chi connectivity index (χ1) is 11.0. The Morgan fingerprint density at radius 2 is 1.70 bits per heavy atom. The molecule has 0 spiro atoms. The molecule has 0 aliphatic rings. The molecule has 5 nitrogen and oxygen atoms in total. The smallest absolute Gasteiger partial charge is 0.307 e. The fraction of sp³-hybridized carbons (Fsp3) is 0.500. The maximum atomic E-state index is 12.3. The molecule has 5 heteroatoms. The highest BCUT2D eigenvalue weighted by atomic mass is 16.5. The van der Waals surface area contributed by atoms with E-state index in [0.29, 0.717) is 18.7 Å². The minimum Gasteiger partial charge on any atom is -0.466 e. The van der Waals surface area contributed by atoms with Crippen molar-refractivity contribution in [3.63, 3.8) is 0 Å². The van der Waals surface area contributed by atoms with Crippen LogP contribution < -0.4 is 0 Å². The summed E-state index contributed by atoms with van der Waals surface area (Å²) in [5.41, 5.74) is 0.614. The summed E-state index contributed by atoms with van der Waals surface area (Å²) in [4.78, 5) is 37.4. The lowest BCUT2D eigenvalue weighted by molar-refractivity contribution is -0.144. The second-order valence-electron chi connectivity index (χ2n) is 5.53. The van der Waals surface area contributed by atoms with E-state index in [0.717, 1.165) is 0 Å². The zero-order valence-electron chi connectivity index (χ0n) is 14.1. The molecular weight excluding hydrogens is 294 g/mol. The minimum atomic E-state index is -0.314. The number of amides is 1. The number of hydrogen-bond acceptors (Lipinski definition) is 4. The molecule has 23 heavy (non-hydrogen) atoms. The molecule has 0 aliphatic heterocycles. The van der Waals surface area contributed by atoms with Crippen LogP contribution in [-0.2, 0) is 14.3 Å². The Kier molecular flexibility index (Phi) is 8.02. The Morgan fingerprint density at radius 3 is 2.26 bits per heavy atom. The van der Waals surface area contributed by atoms with Crippen LogP contribution in [0.4, 0.5) is 0 Å². The number of ketones is 1. The maximum absolute atomic E-state index is 12.3. The van der Waals surface area contributed by atoms with Crippen molar-refractivity contribution in [2.75, 3.05) is 13.2 Å². The number of nitrogens with zero attached hydrogens (tertiary/aromatic N) is 1. The Hall–Kier alpha value is -2.17. The van der Waals surface area contributed by atoms with Crippen molar-refractivity contribution in [1.82, 2.24) is 4.90 Å². The molecule has 1 amide bonds. The summed E-state index contributed by atoms with van der Waals surface area (Å²) in [6, 6.07) is 8.91. The van der Waals surface area contributed by atoms with E-state index >= 15 is 0 Å². The summed E-state index contributed by atoms with van der Waals surface area (Å²) < 4.78 is 4.88. The first kappa shape index (κ1) is 18.9. The SMILES string of the molecule is CCOC(=O)CCN(C(=O)CCC(=O)c1ccccc1)C(C)C. The van der Waals surface area contributed by atoms with Crippen molar-refractivity contribution in [1.29, 1.82) is 0 Å². The highest BCUT2D eigenvalue weighted by Crippen LogP contribution is 2.09. The molecule has 0 aliphatic carbocycles. The molecule has 1 aromatic rings.